The van der Waals surface area contributed by atoms with Crippen molar-refractivity contribution in [2.24, 2.45) is 5.92 Å². The summed E-state index contributed by atoms with van der Waals surface area (Å²) in [6.45, 7) is 7.34. The molecule has 1 amide bonds. The molecule has 5 nitrogen and oxygen atoms in total. The molecule has 3 aromatic rings. The molecule has 0 aliphatic heterocycles. The van der Waals surface area contributed by atoms with Gasteiger partial charge in [0.1, 0.15) is 11.2 Å². The topological polar surface area (TPSA) is 78.9 Å². The summed E-state index contributed by atoms with van der Waals surface area (Å²) < 4.78 is 6.09. The van der Waals surface area contributed by atoms with Crippen molar-refractivity contribution in [1.82, 2.24) is 10.3 Å². The van der Waals surface area contributed by atoms with Crippen molar-refractivity contribution in [1.29, 1.82) is 5.26 Å². The average Bonchev–Trinajstić information content (AvgIpc) is 3.18. The summed E-state index contributed by atoms with van der Waals surface area (Å²) in [5.41, 5.74) is 1.68. The summed E-state index contributed by atoms with van der Waals surface area (Å²) in [6.07, 6.45) is 0. The molecule has 2 aromatic carbocycles. The van der Waals surface area contributed by atoms with Gasteiger partial charge in [0.2, 0.25) is 5.91 Å². The second-order valence-electron chi connectivity index (χ2n) is 7.61. The molecule has 154 valence electrons. The van der Waals surface area contributed by atoms with Gasteiger partial charge in [-0.1, -0.05) is 86.3 Å². The number of carbonyl (C=O) groups excluding carboxylic acids is 1. The normalized spacial score (nSPS) is 14.0. The Hall–Kier alpha value is -3.04. The van der Waals surface area contributed by atoms with Crippen LogP contribution in [-0.4, -0.2) is 21.7 Å². The summed E-state index contributed by atoms with van der Waals surface area (Å²) in [7, 11) is 0. The minimum Gasteiger partial charge on any atom is -0.431 e. The fourth-order valence-electron chi connectivity index (χ4n) is 2.79. The number of nitriles is 1. The molecular weight excluding hydrogens is 394 g/mol. The minimum absolute atomic E-state index is 0.0141. The van der Waals surface area contributed by atoms with Crippen molar-refractivity contribution in [3.63, 3.8) is 0 Å². The van der Waals surface area contributed by atoms with Crippen LogP contribution >= 0.6 is 11.8 Å². The average molecular weight is 420 g/mol. The van der Waals surface area contributed by atoms with E-state index in [4.69, 9.17) is 4.42 Å². The van der Waals surface area contributed by atoms with Crippen LogP contribution in [0, 0.1) is 17.2 Å². The lowest BCUT2D eigenvalue weighted by molar-refractivity contribution is -0.121. The first-order chi connectivity index (χ1) is 14.3. The predicted molar refractivity (Wildman–Crippen MR) is 120 cm³/mol. The lowest BCUT2D eigenvalue weighted by Crippen LogP contribution is -2.51. The molecule has 0 spiro atoms. The zero-order chi connectivity index (χ0) is 21.7. The minimum atomic E-state index is -0.924. The van der Waals surface area contributed by atoms with Crippen LogP contribution in [0.2, 0.25) is 0 Å². The van der Waals surface area contributed by atoms with Crippen LogP contribution in [0.3, 0.4) is 0 Å². The highest BCUT2D eigenvalue weighted by atomic mass is 32.2. The standard InChI is InChI=1S/C24H25N3O2S/c1-16(2)24(4,15-25)27-22(28)17(3)30-23-26-20(18-11-7-5-8-12-18)21(29-23)19-13-9-6-10-14-19/h5-14,16-17H,1-4H3,(H,27,28)/t17-,24+/m1/s1. The number of rotatable bonds is 7. The van der Waals surface area contributed by atoms with E-state index >= 15 is 0 Å². The smallest absolute Gasteiger partial charge is 0.257 e. The molecule has 0 fully saturated rings. The number of benzene rings is 2. The van der Waals surface area contributed by atoms with Gasteiger partial charge in [0, 0.05) is 11.1 Å². The lowest BCUT2D eigenvalue weighted by Gasteiger charge is -2.28. The van der Waals surface area contributed by atoms with Gasteiger partial charge in [0.05, 0.1) is 11.3 Å². The molecule has 0 aliphatic rings. The van der Waals surface area contributed by atoms with Gasteiger partial charge in [0.15, 0.2) is 5.76 Å². The first kappa shape index (κ1) is 21.7. The highest BCUT2D eigenvalue weighted by Gasteiger charge is 2.32. The maximum atomic E-state index is 12.7. The molecule has 3 rings (SSSR count). The van der Waals surface area contributed by atoms with Crippen molar-refractivity contribution in [2.45, 2.75) is 43.7 Å². The first-order valence-corrected chi connectivity index (χ1v) is 10.7. The number of oxazole rings is 1. The third kappa shape index (κ3) is 4.74. The van der Waals surface area contributed by atoms with E-state index in [-0.39, 0.29) is 11.8 Å². The number of amides is 1. The van der Waals surface area contributed by atoms with Gasteiger partial charge in [-0.2, -0.15) is 5.26 Å². The highest BCUT2D eigenvalue weighted by molar-refractivity contribution is 8.00. The quantitative estimate of drug-likeness (QED) is 0.508. The van der Waals surface area contributed by atoms with E-state index in [1.165, 1.54) is 11.8 Å². The van der Waals surface area contributed by atoms with Crippen molar-refractivity contribution < 1.29 is 9.21 Å². The molecule has 1 aromatic heterocycles. The van der Waals surface area contributed by atoms with E-state index in [1.807, 2.05) is 74.5 Å². The zero-order valence-corrected chi connectivity index (χ0v) is 18.4. The molecule has 0 radical (unpaired) electrons. The molecule has 0 unspecified atom stereocenters. The van der Waals surface area contributed by atoms with Gasteiger partial charge in [0.25, 0.3) is 5.22 Å². The number of hydrogen-bond acceptors (Lipinski definition) is 5. The Bertz CT molecular complexity index is 984. The van der Waals surface area contributed by atoms with Gasteiger partial charge in [-0.3, -0.25) is 4.79 Å². The summed E-state index contributed by atoms with van der Waals surface area (Å²) in [4.78, 5) is 17.4. The van der Waals surface area contributed by atoms with E-state index in [0.29, 0.717) is 11.0 Å². The predicted octanol–water partition coefficient (Wildman–Crippen LogP) is 5.54. The van der Waals surface area contributed by atoms with Gasteiger partial charge < -0.3 is 9.73 Å². The van der Waals surface area contributed by atoms with Crippen molar-refractivity contribution in [3.05, 3.63) is 60.7 Å². The van der Waals surface area contributed by atoms with Crippen LogP contribution in [0.5, 0.6) is 0 Å². The zero-order valence-electron chi connectivity index (χ0n) is 17.5. The van der Waals surface area contributed by atoms with E-state index in [0.717, 1.165) is 16.8 Å². The molecule has 2 atom stereocenters. The molecular formula is C24H25N3O2S. The molecule has 0 saturated heterocycles. The number of aromatic nitrogens is 1. The SMILES string of the molecule is CC(C)[C@](C)(C#N)NC(=O)[C@@H](C)Sc1nc(-c2ccccc2)c(-c2ccccc2)o1. The van der Waals surface area contributed by atoms with E-state index in [1.54, 1.807) is 13.8 Å². The maximum Gasteiger partial charge on any atom is 0.257 e. The fraction of sp³-hybridized carbons (Fsp3) is 0.292. The van der Waals surface area contributed by atoms with Crippen molar-refractivity contribution in [2.75, 3.05) is 0 Å². The molecule has 1 heterocycles. The Balaban J connectivity index is 1.87. The summed E-state index contributed by atoms with van der Waals surface area (Å²) in [5, 5.41) is 12.3. The molecule has 0 saturated carbocycles. The van der Waals surface area contributed by atoms with Gasteiger partial charge >= 0.3 is 0 Å². The molecule has 30 heavy (non-hydrogen) atoms. The lowest BCUT2D eigenvalue weighted by atomic mass is 9.90. The Labute approximate surface area is 181 Å². The Kier molecular flexibility index (Phi) is 6.63. The Morgan fingerprint density at radius 3 is 2.17 bits per heavy atom. The van der Waals surface area contributed by atoms with Crippen LogP contribution in [-0.2, 0) is 4.79 Å². The number of carbonyl (C=O) groups is 1. The summed E-state index contributed by atoms with van der Waals surface area (Å²) >= 11 is 1.24. The third-order valence-corrected chi connectivity index (χ3v) is 6.05. The van der Waals surface area contributed by atoms with Gasteiger partial charge in [-0.05, 0) is 19.8 Å². The Morgan fingerprint density at radius 1 is 1.07 bits per heavy atom. The number of hydrogen-bond donors (Lipinski definition) is 1. The molecule has 1 N–H and O–H groups in total. The van der Waals surface area contributed by atoms with E-state index in [9.17, 15) is 10.1 Å². The largest absolute Gasteiger partial charge is 0.431 e. The monoisotopic (exact) mass is 419 g/mol. The fourth-order valence-corrected chi connectivity index (χ4v) is 3.54. The van der Waals surface area contributed by atoms with Crippen molar-refractivity contribution >= 4 is 17.7 Å². The molecule has 6 heteroatoms. The second kappa shape index (κ2) is 9.19. The van der Waals surface area contributed by atoms with Gasteiger partial charge in [-0.25, -0.2) is 4.98 Å². The second-order valence-corrected chi connectivity index (χ2v) is 8.90. The van der Waals surface area contributed by atoms with Crippen LogP contribution in [0.4, 0.5) is 0 Å². The Morgan fingerprint density at radius 2 is 1.63 bits per heavy atom. The molecule has 0 bridgehead atoms. The van der Waals surface area contributed by atoms with Gasteiger partial charge in [-0.15, -0.1) is 0 Å². The first-order valence-electron chi connectivity index (χ1n) is 9.85. The molecule has 0 aliphatic carbocycles. The summed E-state index contributed by atoms with van der Waals surface area (Å²) in [6, 6.07) is 21.8. The van der Waals surface area contributed by atoms with Crippen LogP contribution in [0.25, 0.3) is 22.6 Å². The van der Waals surface area contributed by atoms with E-state index in [2.05, 4.69) is 16.4 Å². The highest BCUT2D eigenvalue weighted by Crippen LogP contribution is 2.36. The number of nitrogens with one attached hydrogen (secondary N) is 1. The number of nitrogens with zero attached hydrogens (tertiary/aromatic N) is 2. The van der Waals surface area contributed by atoms with Crippen LogP contribution in [0.15, 0.2) is 70.3 Å². The summed E-state index contributed by atoms with van der Waals surface area (Å²) in [5.74, 6) is 0.430. The van der Waals surface area contributed by atoms with E-state index < -0.39 is 10.8 Å². The maximum absolute atomic E-state index is 12.7. The van der Waals surface area contributed by atoms with Crippen LogP contribution < -0.4 is 5.32 Å². The number of thioether (sulfide) groups is 1. The van der Waals surface area contributed by atoms with Crippen molar-refractivity contribution in [3.8, 4) is 28.7 Å². The third-order valence-electron chi connectivity index (χ3n) is 5.11. The van der Waals surface area contributed by atoms with Crippen LogP contribution in [0.1, 0.15) is 27.7 Å².